The van der Waals surface area contributed by atoms with E-state index in [0.29, 0.717) is 11.3 Å². The molecule has 1 fully saturated rings. The van der Waals surface area contributed by atoms with Crippen molar-refractivity contribution in [2.75, 3.05) is 13.2 Å². The Morgan fingerprint density at radius 3 is 2.29 bits per heavy atom. The zero-order valence-electron chi connectivity index (χ0n) is 20.6. The van der Waals surface area contributed by atoms with Gasteiger partial charge in [0, 0.05) is 23.6 Å². The first kappa shape index (κ1) is 26.7. The molecule has 2 amide bonds. The molecular weight excluding hydrogens is 448 g/mol. The minimum Gasteiger partial charge on any atom is -0.484 e. The van der Waals surface area contributed by atoms with Crippen molar-refractivity contribution in [3.05, 3.63) is 40.2 Å². The van der Waals surface area contributed by atoms with Gasteiger partial charge in [-0.2, -0.15) is 0 Å². The summed E-state index contributed by atoms with van der Waals surface area (Å²) in [6.07, 6.45) is 12.7. The van der Waals surface area contributed by atoms with Gasteiger partial charge in [0.15, 0.2) is 6.61 Å². The number of aliphatic hydroxyl groups is 1. The molecule has 0 aliphatic heterocycles. The van der Waals surface area contributed by atoms with E-state index in [-0.39, 0.29) is 18.6 Å². The van der Waals surface area contributed by atoms with Crippen molar-refractivity contribution in [1.82, 2.24) is 10.6 Å². The average molecular weight is 487 g/mol. The lowest BCUT2D eigenvalue weighted by atomic mass is 9.97. The van der Waals surface area contributed by atoms with Crippen molar-refractivity contribution in [2.24, 2.45) is 0 Å². The third-order valence-corrected chi connectivity index (χ3v) is 6.58. The fraction of sp³-hybridized carbons (Fsp3) is 0.593. The van der Waals surface area contributed by atoms with E-state index in [1.165, 1.54) is 51.0 Å². The number of carbonyl (C=O) groups excluding carboxylic acids is 2. The number of aliphatic hydroxyl groups excluding tert-OH is 1. The Morgan fingerprint density at radius 2 is 1.66 bits per heavy atom. The molecule has 8 heteroatoms. The number of hydrogen-bond donors (Lipinski definition) is 3. The summed E-state index contributed by atoms with van der Waals surface area (Å²) in [6.45, 7) is 0.981. The molecule has 1 aliphatic rings. The molecule has 1 aromatic carbocycles. The molecule has 1 saturated carbocycles. The first-order chi connectivity index (χ1) is 17.0. The van der Waals surface area contributed by atoms with Gasteiger partial charge in [-0.05, 0) is 37.5 Å². The van der Waals surface area contributed by atoms with E-state index < -0.39 is 24.2 Å². The molecule has 1 aromatic heterocycles. The number of amides is 2. The average Bonchev–Trinajstić information content (AvgIpc) is 2.82. The standard InChI is InChI=1S/C27H38N2O6/c1-19-15-26(32)35-24-16-21(13-14-22(19)24)34-18-25(31)29-23(17-30)27(33)28-20-11-9-7-5-3-2-4-6-8-10-12-20/h13-16,20,23,30H,2-12,17-18H2,1H3,(H,28,33)(H,29,31). The summed E-state index contributed by atoms with van der Waals surface area (Å²) in [6, 6.07) is 5.43. The van der Waals surface area contributed by atoms with Crippen LogP contribution in [0.25, 0.3) is 11.0 Å². The highest BCUT2D eigenvalue weighted by Crippen LogP contribution is 2.22. The molecule has 0 bridgehead atoms. The van der Waals surface area contributed by atoms with E-state index in [1.807, 2.05) is 6.92 Å². The quantitative estimate of drug-likeness (QED) is 0.513. The number of nitrogens with one attached hydrogen (secondary N) is 2. The van der Waals surface area contributed by atoms with Crippen LogP contribution < -0.4 is 21.0 Å². The van der Waals surface area contributed by atoms with E-state index in [0.717, 1.165) is 36.6 Å². The third-order valence-electron chi connectivity index (χ3n) is 6.58. The highest BCUT2D eigenvalue weighted by molar-refractivity contribution is 5.88. The number of ether oxygens (including phenoxy) is 1. The lowest BCUT2D eigenvalue weighted by molar-refractivity contribution is -0.131. The van der Waals surface area contributed by atoms with E-state index >= 15 is 0 Å². The monoisotopic (exact) mass is 486 g/mol. The summed E-state index contributed by atoms with van der Waals surface area (Å²) in [4.78, 5) is 36.8. The number of benzene rings is 1. The Kier molecular flexibility index (Phi) is 10.6. The predicted molar refractivity (Wildman–Crippen MR) is 134 cm³/mol. The maximum atomic E-state index is 12.8. The van der Waals surface area contributed by atoms with Crippen molar-refractivity contribution in [1.29, 1.82) is 0 Å². The van der Waals surface area contributed by atoms with E-state index in [4.69, 9.17) is 9.15 Å². The molecule has 2 aromatic rings. The fourth-order valence-corrected chi connectivity index (χ4v) is 4.58. The normalized spacial score (nSPS) is 17.1. The van der Waals surface area contributed by atoms with Crippen LogP contribution in [0.1, 0.15) is 76.2 Å². The topological polar surface area (TPSA) is 118 Å². The fourth-order valence-electron chi connectivity index (χ4n) is 4.58. The van der Waals surface area contributed by atoms with Crippen LogP contribution in [-0.2, 0) is 9.59 Å². The Morgan fingerprint density at radius 1 is 1.03 bits per heavy atom. The molecule has 8 nitrogen and oxygen atoms in total. The number of fused-ring (bicyclic) bond motifs is 1. The molecule has 1 atom stereocenters. The van der Waals surface area contributed by atoms with Gasteiger partial charge in [0.25, 0.3) is 5.91 Å². The zero-order chi connectivity index (χ0) is 25.0. The van der Waals surface area contributed by atoms with Gasteiger partial charge in [-0.15, -0.1) is 0 Å². The number of aryl methyl sites for hydroxylation is 1. The summed E-state index contributed by atoms with van der Waals surface area (Å²) in [5.74, 6) is -0.538. The SMILES string of the molecule is Cc1cc(=O)oc2cc(OCC(=O)NC(CO)C(=O)NC3CCCCCCCCCCC3)ccc12. The lowest BCUT2D eigenvalue weighted by Gasteiger charge is -2.23. The Bertz CT molecular complexity index is 1020. The molecule has 0 saturated heterocycles. The smallest absolute Gasteiger partial charge is 0.336 e. The van der Waals surface area contributed by atoms with Crippen molar-refractivity contribution in [3.63, 3.8) is 0 Å². The molecule has 192 valence electrons. The predicted octanol–water partition coefficient (Wildman–Crippen LogP) is 3.75. The van der Waals surface area contributed by atoms with Gasteiger partial charge < -0.3 is 24.9 Å². The Balaban J connectivity index is 1.50. The first-order valence-corrected chi connectivity index (χ1v) is 12.8. The van der Waals surface area contributed by atoms with Crippen LogP contribution in [0.15, 0.2) is 33.5 Å². The maximum Gasteiger partial charge on any atom is 0.336 e. The van der Waals surface area contributed by atoms with Crippen LogP contribution in [-0.4, -0.2) is 42.2 Å². The van der Waals surface area contributed by atoms with Crippen LogP contribution in [0.4, 0.5) is 0 Å². The number of rotatable bonds is 7. The summed E-state index contributed by atoms with van der Waals surface area (Å²) in [5, 5.41) is 16.1. The van der Waals surface area contributed by atoms with Gasteiger partial charge in [0.1, 0.15) is 17.4 Å². The van der Waals surface area contributed by atoms with Crippen LogP contribution in [0.2, 0.25) is 0 Å². The van der Waals surface area contributed by atoms with Gasteiger partial charge in [-0.25, -0.2) is 4.79 Å². The molecule has 35 heavy (non-hydrogen) atoms. The van der Waals surface area contributed by atoms with Gasteiger partial charge in [0.2, 0.25) is 5.91 Å². The second kappa shape index (κ2) is 13.9. The zero-order valence-corrected chi connectivity index (χ0v) is 20.6. The summed E-state index contributed by atoms with van der Waals surface area (Å²) >= 11 is 0. The van der Waals surface area contributed by atoms with Crippen LogP contribution in [0, 0.1) is 6.92 Å². The largest absolute Gasteiger partial charge is 0.484 e. The summed E-state index contributed by atoms with van der Waals surface area (Å²) in [7, 11) is 0. The van der Waals surface area contributed by atoms with Crippen molar-refractivity contribution in [2.45, 2.75) is 89.6 Å². The van der Waals surface area contributed by atoms with Crippen LogP contribution in [0.3, 0.4) is 0 Å². The molecule has 1 unspecified atom stereocenters. The van der Waals surface area contributed by atoms with E-state index in [1.54, 1.807) is 18.2 Å². The molecular formula is C27H38N2O6. The first-order valence-electron chi connectivity index (χ1n) is 12.8. The highest BCUT2D eigenvalue weighted by atomic mass is 16.5. The third kappa shape index (κ3) is 8.69. The van der Waals surface area contributed by atoms with Crippen LogP contribution in [0.5, 0.6) is 5.75 Å². The summed E-state index contributed by atoms with van der Waals surface area (Å²) in [5.41, 5.74) is 0.708. The highest BCUT2D eigenvalue weighted by Gasteiger charge is 2.23. The Labute approximate surface area is 206 Å². The van der Waals surface area contributed by atoms with Gasteiger partial charge in [-0.1, -0.05) is 57.8 Å². The van der Waals surface area contributed by atoms with Crippen LogP contribution >= 0.6 is 0 Å². The lowest BCUT2D eigenvalue weighted by Crippen LogP contribution is -2.52. The minimum atomic E-state index is -1.04. The van der Waals surface area contributed by atoms with Gasteiger partial charge in [0.05, 0.1) is 6.61 Å². The van der Waals surface area contributed by atoms with Crippen molar-refractivity contribution >= 4 is 22.8 Å². The number of hydrogen-bond acceptors (Lipinski definition) is 6. The second-order valence-electron chi connectivity index (χ2n) is 9.46. The summed E-state index contributed by atoms with van der Waals surface area (Å²) < 4.78 is 10.7. The van der Waals surface area contributed by atoms with Gasteiger partial charge >= 0.3 is 5.63 Å². The van der Waals surface area contributed by atoms with Gasteiger partial charge in [-0.3, -0.25) is 9.59 Å². The van der Waals surface area contributed by atoms with Crippen molar-refractivity contribution < 1.29 is 23.8 Å². The molecule has 0 spiro atoms. The van der Waals surface area contributed by atoms with Crippen molar-refractivity contribution in [3.8, 4) is 5.75 Å². The molecule has 0 radical (unpaired) electrons. The molecule has 3 N–H and O–H groups in total. The van der Waals surface area contributed by atoms with E-state index in [9.17, 15) is 19.5 Å². The maximum absolute atomic E-state index is 12.8. The number of carbonyl (C=O) groups is 2. The second-order valence-corrected chi connectivity index (χ2v) is 9.46. The molecule has 1 heterocycles. The minimum absolute atomic E-state index is 0.0554. The molecule has 3 rings (SSSR count). The Hall–Kier alpha value is -2.87. The molecule has 1 aliphatic carbocycles. The van der Waals surface area contributed by atoms with E-state index in [2.05, 4.69) is 10.6 Å².